The Labute approximate surface area is 89.7 Å². The fourth-order valence-corrected chi connectivity index (χ4v) is 2.50. The number of hydrogen-bond donors (Lipinski definition) is 1. The van der Waals surface area contributed by atoms with Crippen molar-refractivity contribution in [2.24, 2.45) is 11.3 Å². The molecule has 0 aromatic rings. The lowest BCUT2D eigenvalue weighted by Gasteiger charge is -2.36. The lowest BCUT2D eigenvalue weighted by molar-refractivity contribution is 0.159. The van der Waals surface area contributed by atoms with Gasteiger partial charge in [-0.05, 0) is 30.6 Å². The molecule has 0 radical (unpaired) electrons. The topological polar surface area (TPSA) is 12.0 Å². The second-order valence-corrected chi connectivity index (χ2v) is 5.18. The molecule has 1 saturated carbocycles. The van der Waals surface area contributed by atoms with E-state index in [0.717, 1.165) is 12.0 Å². The van der Waals surface area contributed by atoms with Gasteiger partial charge < -0.3 is 5.32 Å². The third-order valence-corrected chi connectivity index (χ3v) is 4.15. The highest BCUT2D eigenvalue weighted by atomic mass is 15.0. The number of hydrogen-bond acceptors (Lipinski definition) is 1. The van der Waals surface area contributed by atoms with Crippen LogP contribution >= 0.6 is 0 Å². The van der Waals surface area contributed by atoms with Gasteiger partial charge in [-0.25, -0.2) is 0 Å². The molecule has 84 valence electrons. The lowest BCUT2D eigenvalue weighted by atomic mass is 9.72. The Balaban J connectivity index is 2.43. The molecule has 0 bridgehead atoms. The molecule has 1 fully saturated rings. The summed E-state index contributed by atoms with van der Waals surface area (Å²) in [5.41, 5.74) is 0.520. The van der Waals surface area contributed by atoms with Crippen LogP contribution in [0.25, 0.3) is 0 Å². The van der Waals surface area contributed by atoms with Gasteiger partial charge in [-0.1, -0.05) is 40.5 Å². The summed E-state index contributed by atoms with van der Waals surface area (Å²) < 4.78 is 0. The first-order valence-corrected chi connectivity index (χ1v) is 6.39. The van der Waals surface area contributed by atoms with E-state index in [4.69, 9.17) is 0 Å². The molecule has 0 heterocycles. The molecule has 0 aliphatic heterocycles. The van der Waals surface area contributed by atoms with Gasteiger partial charge in [-0.15, -0.1) is 0 Å². The van der Waals surface area contributed by atoms with Gasteiger partial charge in [0.15, 0.2) is 0 Å². The Bertz CT molecular complexity index is 159. The molecule has 1 aliphatic carbocycles. The maximum absolute atomic E-state index is 3.70. The maximum atomic E-state index is 3.70. The standard InChI is InChI=1S/C13H27N/c1-5-11(6-2)13(4,7-3)10-14-12-8-9-12/h11-12,14H,5-10H2,1-4H3. The van der Waals surface area contributed by atoms with Crippen molar-refractivity contribution in [1.29, 1.82) is 0 Å². The van der Waals surface area contributed by atoms with E-state index < -0.39 is 0 Å². The molecule has 1 nitrogen and oxygen atoms in total. The van der Waals surface area contributed by atoms with E-state index in [2.05, 4.69) is 33.0 Å². The maximum Gasteiger partial charge on any atom is 0.00684 e. The highest BCUT2D eigenvalue weighted by Crippen LogP contribution is 2.36. The Morgan fingerprint density at radius 2 is 1.79 bits per heavy atom. The van der Waals surface area contributed by atoms with E-state index in [1.54, 1.807) is 0 Å². The first-order valence-electron chi connectivity index (χ1n) is 6.39. The van der Waals surface area contributed by atoms with Crippen molar-refractivity contribution < 1.29 is 0 Å². The summed E-state index contributed by atoms with van der Waals surface area (Å²) >= 11 is 0. The van der Waals surface area contributed by atoms with Crippen molar-refractivity contribution in [3.05, 3.63) is 0 Å². The Morgan fingerprint density at radius 3 is 2.14 bits per heavy atom. The summed E-state index contributed by atoms with van der Waals surface area (Å²) in [5.74, 6) is 0.888. The van der Waals surface area contributed by atoms with E-state index in [0.29, 0.717) is 5.41 Å². The first-order chi connectivity index (χ1) is 6.66. The van der Waals surface area contributed by atoms with Gasteiger partial charge in [0.2, 0.25) is 0 Å². The predicted molar refractivity (Wildman–Crippen MR) is 63.5 cm³/mol. The summed E-state index contributed by atoms with van der Waals surface area (Å²) in [6.07, 6.45) is 6.77. The van der Waals surface area contributed by atoms with Crippen molar-refractivity contribution in [2.75, 3.05) is 6.54 Å². The molecule has 1 rings (SSSR count). The molecule has 0 aromatic heterocycles. The van der Waals surface area contributed by atoms with Crippen LogP contribution in [0.2, 0.25) is 0 Å². The smallest absolute Gasteiger partial charge is 0.00684 e. The second-order valence-electron chi connectivity index (χ2n) is 5.18. The van der Waals surface area contributed by atoms with E-state index in [9.17, 15) is 0 Å². The Hall–Kier alpha value is -0.0400. The van der Waals surface area contributed by atoms with Crippen LogP contribution in [0.15, 0.2) is 0 Å². The van der Waals surface area contributed by atoms with Gasteiger partial charge in [0.1, 0.15) is 0 Å². The summed E-state index contributed by atoms with van der Waals surface area (Å²) in [6.45, 7) is 10.7. The van der Waals surface area contributed by atoms with Gasteiger partial charge >= 0.3 is 0 Å². The largest absolute Gasteiger partial charge is 0.313 e. The normalized spacial score (nSPS) is 21.2. The summed E-state index contributed by atoms with van der Waals surface area (Å²) in [4.78, 5) is 0. The van der Waals surface area contributed by atoms with Crippen LogP contribution < -0.4 is 5.32 Å². The molecule has 1 N–H and O–H groups in total. The van der Waals surface area contributed by atoms with Crippen molar-refractivity contribution in [1.82, 2.24) is 5.32 Å². The molecule has 0 aromatic carbocycles. The minimum Gasteiger partial charge on any atom is -0.313 e. The van der Waals surface area contributed by atoms with Crippen LogP contribution in [0.4, 0.5) is 0 Å². The molecule has 1 heteroatoms. The second kappa shape index (κ2) is 5.16. The first kappa shape index (κ1) is 12.0. The van der Waals surface area contributed by atoms with Crippen LogP contribution in [0.3, 0.4) is 0 Å². The summed E-state index contributed by atoms with van der Waals surface area (Å²) in [5, 5.41) is 3.70. The van der Waals surface area contributed by atoms with E-state index in [1.807, 2.05) is 0 Å². The van der Waals surface area contributed by atoms with Gasteiger partial charge in [0, 0.05) is 12.6 Å². The average molecular weight is 197 g/mol. The molecule has 14 heavy (non-hydrogen) atoms. The van der Waals surface area contributed by atoms with E-state index >= 15 is 0 Å². The molecular weight excluding hydrogens is 170 g/mol. The van der Waals surface area contributed by atoms with Crippen LogP contribution in [-0.2, 0) is 0 Å². The number of nitrogens with one attached hydrogen (secondary N) is 1. The fraction of sp³-hybridized carbons (Fsp3) is 1.00. The fourth-order valence-electron chi connectivity index (χ4n) is 2.50. The van der Waals surface area contributed by atoms with Crippen molar-refractivity contribution in [3.8, 4) is 0 Å². The predicted octanol–water partition coefficient (Wildman–Crippen LogP) is 3.59. The van der Waals surface area contributed by atoms with Crippen molar-refractivity contribution >= 4 is 0 Å². The van der Waals surface area contributed by atoms with Crippen molar-refractivity contribution in [2.45, 2.75) is 65.8 Å². The van der Waals surface area contributed by atoms with Gasteiger partial charge in [0.05, 0.1) is 0 Å². The van der Waals surface area contributed by atoms with Crippen LogP contribution in [0, 0.1) is 11.3 Å². The Kier molecular flexibility index (Phi) is 4.43. The molecule has 0 spiro atoms. The zero-order chi connectivity index (χ0) is 10.6. The van der Waals surface area contributed by atoms with Gasteiger partial charge in [0.25, 0.3) is 0 Å². The quantitative estimate of drug-likeness (QED) is 0.657. The minimum absolute atomic E-state index is 0.520. The third-order valence-electron chi connectivity index (χ3n) is 4.15. The van der Waals surface area contributed by atoms with Gasteiger partial charge in [-0.2, -0.15) is 0 Å². The molecular formula is C13H27N. The van der Waals surface area contributed by atoms with Crippen molar-refractivity contribution in [3.63, 3.8) is 0 Å². The minimum atomic E-state index is 0.520. The molecule has 1 aliphatic rings. The molecule has 1 unspecified atom stereocenters. The van der Waals surface area contributed by atoms with Gasteiger partial charge in [-0.3, -0.25) is 0 Å². The SMILES string of the molecule is CCC(CC)C(C)(CC)CNC1CC1. The van der Waals surface area contributed by atoms with Crippen LogP contribution in [0.5, 0.6) is 0 Å². The highest BCUT2D eigenvalue weighted by Gasteiger charge is 2.32. The van der Waals surface area contributed by atoms with Crippen LogP contribution in [0.1, 0.15) is 59.8 Å². The average Bonchev–Trinajstić information content (AvgIpc) is 3.00. The summed E-state index contributed by atoms with van der Waals surface area (Å²) in [6, 6.07) is 0.857. The molecule has 0 saturated heterocycles. The highest BCUT2D eigenvalue weighted by molar-refractivity contribution is 4.87. The third kappa shape index (κ3) is 2.98. The number of rotatable bonds is 7. The Morgan fingerprint density at radius 1 is 1.21 bits per heavy atom. The summed E-state index contributed by atoms with van der Waals surface area (Å²) in [7, 11) is 0. The monoisotopic (exact) mass is 197 g/mol. The zero-order valence-corrected chi connectivity index (χ0v) is 10.4. The lowest BCUT2D eigenvalue weighted by Crippen LogP contribution is -2.38. The molecule has 0 amide bonds. The van der Waals surface area contributed by atoms with E-state index in [1.165, 1.54) is 38.6 Å². The zero-order valence-electron chi connectivity index (χ0n) is 10.4. The van der Waals surface area contributed by atoms with Crippen LogP contribution in [-0.4, -0.2) is 12.6 Å². The van der Waals surface area contributed by atoms with E-state index in [-0.39, 0.29) is 0 Å². The molecule has 1 atom stereocenters.